The minimum absolute atomic E-state index is 0.110. The van der Waals surface area contributed by atoms with Crippen LogP contribution in [0.15, 0.2) is 11.6 Å². The Kier molecular flexibility index (Phi) is 4.54. The second-order valence-corrected chi connectivity index (χ2v) is 5.92. The van der Waals surface area contributed by atoms with Crippen molar-refractivity contribution in [1.82, 2.24) is 10.3 Å². The lowest BCUT2D eigenvalue weighted by atomic mass is 9.77. The molecule has 2 rings (SSSR count). The van der Waals surface area contributed by atoms with Gasteiger partial charge < -0.3 is 10.1 Å². The Morgan fingerprint density at radius 2 is 2.29 bits per heavy atom. The summed E-state index contributed by atoms with van der Waals surface area (Å²) in [5.74, 6) is 0.854. The van der Waals surface area contributed by atoms with E-state index in [2.05, 4.69) is 22.6 Å². The number of rotatable bonds is 5. The molecule has 1 fully saturated rings. The van der Waals surface area contributed by atoms with E-state index >= 15 is 0 Å². The average molecular weight is 254 g/mol. The summed E-state index contributed by atoms with van der Waals surface area (Å²) >= 11 is 1.77. The second kappa shape index (κ2) is 5.94. The van der Waals surface area contributed by atoms with Crippen LogP contribution >= 0.6 is 11.3 Å². The first-order valence-corrected chi connectivity index (χ1v) is 7.29. The van der Waals surface area contributed by atoms with E-state index in [0.29, 0.717) is 0 Å². The highest BCUT2D eigenvalue weighted by atomic mass is 32.1. The normalized spacial score (nSPS) is 29.4. The van der Waals surface area contributed by atoms with Gasteiger partial charge in [0.15, 0.2) is 0 Å². The average Bonchev–Trinajstić information content (AvgIpc) is 2.87. The van der Waals surface area contributed by atoms with Crippen molar-refractivity contribution in [1.29, 1.82) is 0 Å². The molecular weight excluding hydrogens is 232 g/mol. The Bertz CT molecular complexity index is 318. The topological polar surface area (TPSA) is 34.1 Å². The van der Waals surface area contributed by atoms with Gasteiger partial charge in [0.25, 0.3) is 0 Å². The van der Waals surface area contributed by atoms with Crippen LogP contribution in [0.1, 0.15) is 37.6 Å². The lowest BCUT2D eigenvalue weighted by Gasteiger charge is -2.38. The summed E-state index contributed by atoms with van der Waals surface area (Å²) < 4.78 is 5.14. The molecule has 0 bridgehead atoms. The first kappa shape index (κ1) is 13.0. The van der Waals surface area contributed by atoms with Gasteiger partial charge in [0.2, 0.25) is 0 Å². The predicted molar refractivity (Wildman–Crippen MR) is 71.3 cm³/mol. The summed E-state index contributed by atoms with van der Waals surface area (Å²) in [6.45, 7) is 4.02. The van der Waals surface area contributed by atoms with Gasteiger partial charge in [-0.1, -0.05) is 6.92 Å². The van der Waals surface area contributed by atoms with Crippen molar-refractivity contribution in [3.8, 4) is 0 Å². The van der Waals surface area contributed by atoms with E-state index in [1.807, 2.05) is 6.20 Å². The zero-order valence-electron chi connectivity index (χ0n) is 10.7. The van der Waals surface area contributed by atoms with Crippen LogP contribution < -0.4 is 5.32 Å². The van der Waals surface area contributed by atoms with Gasteiger partial charge in [-0.05, 0) is 31.6 Å². The molecule has 0 aliphatic heterocycles. The second-order valence-electron chi connectivity index (χ2n) is 5.02. The molecule has 4 heteroatoms. The Hall–Kier alpha value is -0.450. The highest BCUT2D eigenvalue weighted by Crippen LogP contribution is 2.40. The standard InChI is InChI=1S/C13H22N2OS/c1-11-3-5-13(6-4-11,15-7-9-16-2)12-14-8-10-17-12/h8,10-11,15H,3-7,9H2,1-2H3. The van der Waals surface area contributed by atoms with Gasteiger partial charge in [-0.3, -0.25) is 0 Å². The number of thiazole rings is 1. The van der Waals surface area contributed by atoms with Gasteiger partial charge in [-0.25, -0.2) is 4.98 Å². The maximum absolute atomic E-state index is 5.14. The maximum Gasteiger partial charge on any atom is 0.113 e. The number of methoxy groups -OCH3 is 1. The molecule has 0 amide bonds. The van der Waals surface area contributed by atoms with Gasteiger partial charge in [0, 0.05) is 25.2 Å². The van der Waals surface area contributed by atoms with Crippen molar-refractivity contribution in [3.05, 3.63) is 16.6 Å². The van der Waals surface area contributed by atoms with Crippen LogP contribution in [0.5, 0.6) is 0 Å². The summed E-state index contributed by atoms with van der Waals surface area (Å²) in [4.78, 5) is 4.53. The third-order valence-corrected chi connectivity index (χ3v) is 4.72. The molecule has 96 valence electrons. The number of ether oxygens (including phenoxy) is 1. The summed E-state index contributed by atoms with van der Waals surface area (Å²) in [7, 11) is 1.75. The van der Waals surface area contributed by atoms with Gasteiger partial charge in [-0.2, -0.15) is 0 Å². The Morgan fingerprint density at radius 3 is 2.88 bits per heavy atom. The molecule has 1 aromatic heterocycles. The van der Waals surface area contributed by atoms with Crippen molar-refractivity contribution >= 4 is 11.3 Å². The van der Waals surface area contributed by atoms with Crippen LogP contribution in [0.3, 0.4) is 0 Å². The number of hydrogen-bond acceptors (Lipinski definition) is 4. The molecule has 0 saturated heterocycles. The molecule has 1 N–H and O–H groups in total. The molecule has 0 spiro atoms. The third-order valence-electron chi connectivity index (χ3n) is 3.74. The Morgan fingerprint density at radius 1 is 1.53 bits per heavy atom. The number of aromatic nitrogens is 1. The highest BCUT2D eigenvalue weighted by Gasteiger charge is 2.37. The van der Waals surface area contributed by atoms with Gasteiger partial charge in [0.1, 0.15) is 5.01 Å². The van der Waals surface area contributed by atoms with Gasteiger partial charge in [0.05, 0.1) is 12.1 Å². The lowest BCUT2D eigenvalue weighted by molar-refractivity contribution is 0.154. The van der Waals surface area contributed by atoms with Crippen molar-refractivity contribution in [2.24, 2.45) is 5.92 Å². The SMILES string of the molecule is COCCNC1(c2nccs2)CCC(C)CC1. The van der Waals surface area contributed by atoms with E-state index in [1.54, 1.807) is 18.4 Å². The lowest BCUT2D eigenvalue weighted by Crippen LogP contribution is -2.46. The van der Waals surface area contributed by atoms with Crippen molar-refractivity contribution in [3.63, 3.8) is 0 Å². The van der Waals surface area contributed by atoms with E-state index in [-0.39, 0.29) is 5.54 Å². The fourth-order valence-electron chi connectivity index (χ4n) is 2.57. The van der Waals surface area contributed by atoms with Crippen molar-refractivity contribution in [2.45, 2.75) is 38.1 Å². The molecule has 1 aliphatic carbocycles. The first-order valence-electron chi connectivity index (χ1n) is 6.41. The van der Waals surface area contributed by atoms with E-state index in [4.69, 9.17) is 4.74 Å². The molecular formula is C13H22N2OS. The predicted octanol–water partition coefficient (Wildman–Crippen LogP) is 2.78. The Balaban J connectivity index is 2.06. The number of hydrogen-bond donors (Lipinski definition) is 1. The molecule has 0 radical (unpaired) electrons. The van der Waals surface area contributed by atoms with Crippen LogP contribution in [0.4, 0.5) is 0 Å². The molecule has 0 aromatic carbocycles. The van der Waals surface area contributed by atoms with E-state index in [1.165, 1.54) is 30.7 Å². The van der Waals surface area contributed by atoms with Gasteiger partial charge in [-0.15, -0.1) is 11.3 Å². The fraction of sp³-hybridized carbons (Fsp3) is 0.769. The smallest absolute Gasteiger partial charge is 0.113 e. The van der Waals surface area contributed by atoms with E-state index < -0.39 is 0 Å². The summed E-state index contributed by atoms with van der Waals surface area (Å²) in [5.41, 5.74) is 0.110. The Labute approximate surface area is 108 Å². The maximum atomic E-state index is 5.14. The monoisotopic (exact) mass is 254 g/mol. The molecule has 17 heavy (non-hydrogen) atoms. The first-order chi connectivity index (χ1) is 8.27. The van der Waals surface area contributed by atoms with Crippen LogP contribution in [0, 0.1) is 5.92 Å². The fourth-order valence-corrected chi connectivity index (χ4v) is 3.45. The van der Waals surface area contributed by atoms with Crippen molar-refractivity contribution < 1.29 is 4.74 Å². The van der Waals surface area contributed by atoms with Crippen molar-refractivity contribution in [2.75, 3.05) is 20.3 Å². The number of nitrogens with zero attached hydrogens (tertiary/aromatic N) is 1. The summed E-state index contributed by atoms with van der Waals surface area (Å²) in [6, 6.07) is 0. The molecule has 1 aliphatic rings. The number of nitrogens with one attached hydrogen (secondary N) is 1. The van der Waals surface area contributed by atoms with Crippen LogP contribution in [-0.2, 0) is 10.3 Å². The largest absolute Gasteiger partial charge is 0.383 e. The highest BCUT2D eigenvalue weighted by molar-refractivity contribution is 7.09. The molecule has 1 aromatic rings. The van der Waals surface area contributed by atoms with Crippen LogP contribution in [-0.4, -0.2) is 25.2 Å². The molecule has 1 heterocycles. The van der Waals surface area contributed by atoms with Crippen LogP contribution in [0.25, 0.3) is 0 Å². The summed E-state index contributed by atoms with van der Waals surface area (Å²) in [6.07, 6.45) is 6.90. The van der Waals surface area contributed by atoms with Crippen LogP contribution in [0.2, 0.25) is 0 Å². The zero-order chi connectivity index (χ0) is 12.1. The minimum atomic E-state index is 0.110. The van der Waals surface area contributed by atoms with E-state index in [0.717, 1.165) is 19.1 Å². The third kappa shape index (κ3) is 3.06. The minimum Gasteiger partial charge on any atom is -0.383 e. The molecule has 1 saturated carbocycles. The quantitative estimate of drug-likeness (QED) is 0.820. The summed E-state index contributed by atoms with van der Waals surface area (Å²) in [5, 5.41) is 7.01. The van der Waals surface area contributed by atoms with Gasteiger partial charge >= 0.3 is 0 Å². The van der Waals surface area contributed by atoms with E-state index in [9.17, 15) is 0 Å². The molecule has 0 atom stereocenters. The zero-order valence-corrected chi connectivity index (χ0v) is 11.6. The molecule has 0 unspecified atom stereocenters. The molecule has 3 nitrogen and oxygen atoms in total.